The van der Waals surface area contributed by atoms with E-state index in [4.69, 9.17) is 9.47 Å². The first-order valence-corrected chi connectivity index (χ1v) is 9.15. The number of hydrogen-bond donors (Lipinski definition) is 2. The Morgan fingerprint density at radius 1 is 1.33 bits per heavy atom. The summed E-state index contributed by atoms with van der Waals surface area (Å²) in [5.74, 6) is 1.46. The summed E-state index contributed by atoms with van der Waals surface area (Å²) in [5, 5.41) is 7.05. The van der Waals surface area contributed by atoms with Gasteiger partial charge in [-0.15, -0.1) is 0 Å². The van der Waals surface area contributed by atoms with Crippen LogP contribution >= 0.6 is 0 Å². The van der Waals surface area contributed by atoms with Crippen molar-refractivity contribution in [2.45, 2.75) is 45.8 Å². The third-order valence-electron chi connectivity index (χ3n) is 6.10. The summed E-state index contributed by atoms with van der Waals surface area (Å²) in [6.07, 6.45) is 1.00. The van der Waals surface area contributed by atoms with E-state index in [0.717, 1.165) is 51.8 Å². The summed E-state index contributed by atoms with van der Waals surface area (Å²) in [7, 11) is 3.64. The van der Waals surface area contributed by atoms with E-state index in [1.54, 1.807) is 7.11 Å². The highest BCUT2D eigenvalue weighted by atomic mass is 16.5. The van der Waals surface area contributed by atoms with Gasteiger partial charge in [0.1, 0.15) is 0 Å². The highest BCUT2D eigenvalue weighted by molar-refractivity contribution is 5.80. The van der Waals surface area contributed by atoms with Crippen LogP contribution in [0.2, 0.25) is 0 Å². The molecular weight excluding hydrogens is 304 g/mol. The van der Waals surface area contributed by atoms with E-state index >= 15 is 0 Å². The second-order valence-corrected chi connectivity index (χ2v) is 8.03. The molecule has 2 rings (SSSR count). The van der Waals surface area contributed by atoms with Crippen molar-refractivity contribution in [2.24, 2.45) is 16.3 Å². The van der Waals surface area contributed by atoms with Gasteiger partial charge in [-0.1, -0.05) is 20.8 Å². The highest BCUT2D eigenvalue weighted by Crippen LogP contribution is 2.51. The predicted octanol–water partition coefficient (Wildman–Crippen LogP) is 1.32. The molecular formula is C18H36N4O2. The Balaban J connectivity index is 1.75. The first kappa shape index (κ1) is 19.5. The van der Waals surface area contributed by atoms with Crippen LogP contribution in [0.15, 0.2) is 4.99 Å². The van der Waals surface area contributed by atoms with E-state index in [9.17, 15) is 0 Å². The highest BCUT2D eigenvalue weighted by Gasteiger charge is 2.58. The average molecular weight is 341 g/mol. The van der Waals surface area contributed by atoms with Crippen molar-refractivity contribution in [1.29, 1.82) is 0 Å². The number of guanidine groups is 1. The molecule has 24 heavy (non-hydrogen) atoms. The number of ether oxygens (including phenoxy) is 2. The topological polar surface area (TPSA) is 58.1 Å². The van der Waals surface area contributed by atoms with Crippen molar-refractivity contribution in [3.63, 3.8) is 0 Å². The lowest BCUT2D eigenvalue weighted by atomic mass is 9.56. The molecule has 3 unspecified atom stereocenters. The number of hydrogen-bond acceptors (Lipinski definition) is 4. The molecule has 1 heterocycles. The minimum atomic E-state index is -0.0624. The van der Waals surface area contributed by atoms with Crippen LogP contribution in [0.4, 0.5) is 0 Å². The van der Waals surface area contributed by atoms with Crippen LogP contribution in [-0.2, 0) is 9.47 Å². The van der Waals surface area contributed by atoms with Crippen molar-refractivity contribution < 1.29 is 9.47 Å². The molecule has 0 spiro atoms. The fraction of sp³-hybridized carbons (Fsp3) is 0.944. The summed E-state index contributed by atoms with van der Waals surface area (Å²) >= 11 is 0. The van der Waals surface area contributed by atoms with Crippen molar-refractivity contribution in [1.82, 2.24) is 15.5 Å². The normalized spacial score (nSPS) is 32.1. The molecule has 0 amide bonds. The summed E-state index contributed by atoms with van der Waals surface area (Å²) in [6.45, 7) is 14.8. The summed E-state index contributed by atoms with van der Waals surface area (Å²) < 4.78 is 11.1. The summed E-state index contributed by atoms with van der Waals surface area (Å²) in [5.41, 5.74) is 0.0198. The van der Waals surface area contributed by atoms with E-state index in [1.807, 2.05) is 7.05 Å². The van der Waals surface area contributed by atoms with Gasteiger partial charge >= 0.3 is 0 Å². The molecule has 0 bridgehead atoms. The molecule has 0 aromatic rings. The standard InChI is InChI=1S/C18H36N4O2/c1-14(13-22-7-9-24-10-8-22)12-20-16(19-5)21-15-11-18(4,23-6)17(15,2)3/h14-15H,7-13H2,1-6H3,(H2,19,20,21). The quantitative estimate of drug-likeness (QED) is 0.564. The molecule has 2 fully saturated rings. The first-order chi connectivity index (χ1) is 11.3. The van der Waals surface area contributed by atoms with Crippen molar-refractivity contribution in [3.8, 4) is 0 Å². The minimum Gasteiger partial charge on any atom is -0.379 e. The van der Waals surface area contributed by atoms with E-state index < -0.39 is 0 Å². The number of methoxy groups -OCH3 is 1. The molecule has 2 N–H and O–H groups in total. The van der Waals surface area contributed by atoms with Gasteiger partial charge in [0.2, 0.25) is 0 Å². The number of rotatable bonds is 6. The monoisotopic (exact) mass is 340 g/mol. The van der Waals surface area contributed by atoms with Gasteiger partial charge in [-0.05, 0) is 19.3 Å². The smallest absolute Gasteiger partial charge is 0.191 e. The Morgan fingerprint density at radius 3 is 2.54 bits per heavy atom. The first-order valence-electron chi connectivity index (χ1n) is 9.15. The Kier molecular flexibility index (Phi) is 6.51. The van der Waals surface area contributed by atoms with Crippen LogP contribution in [0.25, 0.3) is 0 Å². The largest absolute Gasteiger partial charge is 0.379 e. The van der Waals surface area contributed by atoms with Gasteiger partial charge in [0.25, 0.3) is 0 Å². The fourth-order valence-corrected chi connectivity index (χ4v) is 3.64. The van der Waals surface area contributed by atoms with Crippen molar-refractivity contribution in [2.75, 3.05) is 53.6 Å². The van der Waals surface area contributed by atoms with Gasteiger partial charge in [-0.3, -0.25) is 9.89 Å². The number of morpholine rings is 1. The molecule has 6 nitrogen and oxygen atoms in total. The van der Waals surface area contributed by atoms with Gasteiger partial charge in [-0.25, -0.2) is 0 Å². The number of nitrogens with zero attached hydrogens (tertiary/aromatic N) is 2. The lowest BCUT2D eigenvalue weighted by Gasteiger charge is -2.59. The maximum Gasteiger partial charge on any atom is 0.191 e. The van der Waals surface area contributed by atoms with Crippen molar-refractivity contribution >= 4 is 5.96 Å². The van der Waals surface area contributed by atoms with Gasteiger partial charge < -0.3 is 20.1 Å². The third kappa shape index (κ3) is 4.21. The zero-order valence-corrected chi connectivity index (χ0v) is 16.3. The van der Waals surface area contributed by atoms with Gasteiger partial charge in [0, 0.05) is 51.8 Å². The Hall–Kier alpha value is -0.850. The Labute approximate surface area is 147 Å². The molecule has 1 aliphatic carbocycles. The number of aliphatic imine (C=N–C) groups is 1. The van der Waals surface area contributed by atoms with E-state index in [1.165, 1.54) is 0 Å². The molecule has 0 aromatic heterocycles. The predicted molar refractivity (Wildman–Crippen MR) is 98.5 cm³/mol. The molecule has 140 valence electrons. The average Bonchev–Trinajstić information content (AvgIpc) is 2.58. The van der Waals surface area contributed by atoms with Crippen LogP contribution in [-0.4, -0.2) is 76.1 Å². The zero-order valence-electron chi connectivity index (χ0n) is 16.3. The fourth-order valence-electron chi connectivity index (χ4n) is 3.64. The van der Waals surface area contributed by atoms with Crippen LogP contribution in [0, 0.1) is 11.3 Å². The van der Waals surface area contributed by atoms with E-state index in [-0.39, 0.29) is 11.0 Å². The number of nitrogens with one attached hydrogen (secondary N) is 2. The van der Waals surface area contributed by atoms with Crippen molar-refractivity contribution in [3.05, 3.63) is 0 Å². The van der Waals surface area contributed by atoms with Gasteiger partial charge in [0.15, 0.2) is 5.96 Å². The Bertz CT molecular complexity index is 435. The van der Waals surface area contributed by atoms with Gasteiger partial charge in [0.05, 0.1) is 18.8 Å². The van der Waals surface area contributed by atoms with Crippen LogP contribution in [0.1, 0.15) is 34.1 Å². The third-order valence-corrected chi connectivity index (χ3v) is 6.10. The molecule has 0 radical (unpaired) electrons. The Morgan fingerprint density at radius 2 is 2.00 bits per heavy atom. The molecule has 0 aromatic carbocycles. The van der Waals surface area contributed by atoms with Gasteiger partial charge in [-0.2, -0.15) is 0 Å². The van der Waals surface area contributed by atoms with E-state index in [0.29, 0.717) is 12.0 Å². The van der Waals surface area contributed by atoms with Crippen LogP contribution in [0.3, 0.4) is 0 Å². The summed E-state index contributed by atoms with van der Waals surface area (Å²) in [4.78, 5) is 6.87. The second-order valence-electron chi connectivity index (χ2n) is 8.03. The van der Waals surface area contributed by atoms with Crippen LogP contribution in [0.5, 0.6) is 0 Å². The zero-order chi connectivity index (χ0) is 17.8. The molecule has 6 heteroatoms. The molecule has 1 aliphatic heterocycles. The lowest BCUT2D eigenvalue weighted by molar-refractivity contribution is -0.176. The molecule has 1 saturated carbocycles. The maximum absolute atomic E-state index is 5.70. The van der Waals surface area contributed by atoms with E-state index in [2.05, 4.69) is 48.2 Å². The second kappa shape index (κ2) is 8.02. The SMILES string of the molecule is CN=C(NCC(C)CN1CCOCC1)NC1CC(C)(OC)C1(C)C. The summed E-state index contributed by atoms with van der Waals surface area (Å²) in [6, 6.07) is 0.378. The molecule has 1 saturated heterocycles. The minimum absolute atomic E-state index is 0.0624. The lowest BCUT2D eigenvalue weighted by Crippen LogP contribution is -2.69. The molecule has 3 atom stereocenters. The van der Waals surface area contributed by atoms with Crippen LogP contribution < -0.4 is 10.6 Å². The molecule has 2 aliphatic rings. The maximum atomic E-state index is 5.70.